The molecule has 5 heteroatoms. The molecule has 20 heavy (non-hydrogen) atoms. The molecule has 1 amide bonds. The summed E-state index contributed by atoms with van der Waals surface area (Å²) < 4.78 is 11.4. The number of carbonyl (C=O) groups is 1. The van der Waals surface area contributed by atoms with E-state index in [2.05, 4.69) is 0 Å². The number of hydrogen-bond donors (Lipinski definition) is 1. The summed E-state index contributed by atoms with van der Waals surface area (Å²) in [4.78, 5) is 13.9. The summed E-state index contributed by atoms with van der Waals surface area (Å²) in [6.07, 6.45) is 3.37. The molecule has 2 saturated heterocycles. The predicted molar refractivity (Wildman–Crippen MR) is 75.5 cm³/mol. The lowest BCUT2D eigenvalue weighted by Crippen LogP contribution is -2.55. The standard InChI is InChI=1S/C15H27NO4/c1-14(2,3)20-13(18)16-7-4-6-15(11-16)9-12(10-17)5-8-19-15/h12,17H,4-11H2,1-3H3. The van der Waals surface area contributed by atoms with Crippen LogP contribution in [0.2, 0.25) is 0 Å². The molecule has 2 atom stereocenters. The first kappa shape index (κ1) is 15.6. The normalized spacial score (nSPS) is 31.4. The summed E-state index contributed by atoms with van der Waals surface area (Å²) in [7, 11) is 0. The lowest BCUT2D eigenvalue weighted by atomic mass is 9.81. The van der Waals surface area contributed by atoms with E-state index in [4.69, 9.17) is 9.47 Å². The second kappa shape index (κ2) is 5.90. The van der Waals surface area contributed by atoms with E-state index in [0.29, 0.717) is 19.1 Å². The third-order valence-corrected chi connectivity index (χ3v) is 4.04. The topological polar surface area (TPSA) is 59.0 Å². The van der Waals surface area contributed by atoms with E-state index in [-0.39, 0.29) is 18.3 Å². The first-order valence-corrected chi connectivity index (χ1v) is 7.56. The van der Waals surface area contributed by atoms with Crippen molar-refractivity contribution in [3.63, 3.8) is 0 Å². The van der Waals surface area contributed by atoms with Gasteiger partial charge >= 0.3 is 6.09 Å². The van der Waals surface area contributed by atoms with Gasteiger partial charge in [0, 0.05) is 19.8 Å². The van der Waals surface area contributed by atoms with Gasteiger partial charge in [0.1, 0.15) is 5.60 Å². The Kier molecular flexibility index (Phi) is 4.59. The minimum atomic E-state index is -0.469. The third-order valence-electron chi connectivity index (χ3n) is 4.04. The average molecular weight is 285 g/mol. The van der Waals surface area contributed by atoms with E-state index >= 15 is 0 Å². The summed E-state index contributed by atoms with van der Waals surface area (Å²) in [6, 6.07) is 0. The number of carbonyl (C=O) groups excluding carboxylic acids is 1. The van der Waals surface area contributed by atoms with Crippen molar-refractivity contribution >= 4 is 6.09 Å². The summed E-state index contributed by atoms with van der Waals surface area (Å²) in [6.45, 7) is 7.82. The molecule has 1 N–H and O–H groups in total. The quantitative estimate of drug-likeness (QED) is 0.802. The molecule has 0 aliphatic carbocycles. The Hall–Kier alpha value is -0.810. The first-order valence-electron chi connectivity index (χ1n) is 7.56. The summed E-state index contributed by atoms with van der Waals surface area (Å²) in [5.41, 5.74) is -0.746. The van der Waals surface area contributed by atoms with Crippen LogP contribution in [-0.4, -0.2) is 53.6 Å². The highest BCUT2D eigenvalue weighted by Gasteiger charge is 2.42. The molecule has 2 unspecified atom stereocenters. The second-order valence-electron chi connectivity index (χ2n) is 7.08. The van der Waals surface area contributed by atoms with Crippen molar-refractivity contribution in [3.05, 3.63) is 0 Å². The largest absolute Gasteiger partial charge is 0.444 e. The van der Waals surface area contributed by atoms with Crippen molar-refractivity contribution in [2.24, 2.45) is 5.92 Å². The highest BCUT2D eigenvalue weighted by atomic mass is 16.6. The average Bonchev–Trinajstić information content (AvgIpc) is 2.37. The van der Waals surface area contributed by atoms with Crippen molar-refractivity contribution in [2.75, 3.05) is 26.3 Å². The Labute approximate surface area is 121 Å². The van der Waals surface area contributed by atoms with E-state index in [1.54, 1.807) is 4.90 Å². The smallest absolute Gasteiger partial charge is 0.410 e. The predicted octanol–water partition coefficient (Wildman–Crippen LogP) is 2.17. The molecule has 0 aromatic heterocycles. The van der Waals surface area contributed by atoms with E-state index in [1.807, 2.05) is 20.8 Å². The third kappa shape index (κ3) is 3.85. The number of nitrogens with zero attached hydrogens (tertiary/aromatic N) is 1. The highest BCUT2D eigenvalue weighted by Crippen LogP contribution is 2.36. The zero-order valence-corrected chi connectivity index (χ0v) is 12.9. The molecule has 0 aromatic carbocycles. The van der Waals surface area contributed by atoms with Gasteiger partial charge in [0.05, 0.1) is 12.1 Å². The molecule has 116 valence electrons. The number of amides is 1. The van der Waals surface area contributed by atoms with E-state index in [1.165, 1.54) is 0 Å². The molecule has 0 bridgehead atoms. The molecule has 1 spiro atoms. The zero-order chi connectivity index (χ0) is 14.8. The number of likely N-dealkylation sites (tertiary alicyclic amines) is 1. The van der Waals surface area contributed by atoms with Crippen molar-refractivity contribution in [3.8, 4) is 0 Å². The van der Waals surface area contributed by atoms with Crippen LogP contribution in [0.5, 0.6) is 0 Å². The first-order chi connectivity index (χ1) is 9.34. The van der Waals surface area contributed by atoms with Crippen LogP contribution in [0.4, 0.5) is 4.79 Å². The van der Waals surface area contributed by atoms with Crippen LogP contribution >= 0.6 is 0 Å². The van der Waals surface area contributed by atoms with Gasteiger partial charge in [-0.1, -0.05) is 0 Å². The molecule has 5 nitrogen and oxygen atoms in total. The molecule has 2 heterocycles. The van der Waals surface area contributed by atoms with Gasteiger partial charge < -0.3 is 19.5 Å². The minimum Gasteiger partial charge on any atom is -0.444 e. The molecule has 2 rings (SSSR count). The van der Waals surface area contributed by atoms with Crippen LogP contribution in [0.15, 0.2) is 0 Å². The number of rotatable bonds is 1. The fourth-order valence-electron chi connectivity index (χ4n) is 3.15. The zero-order valence-electron chi connectivity index (χ0n) is 12.9. The molecule has 2 fully saturated rings. The molecular formula is C15H27NO4. The molecular weight excluding hydrogens is 258 g/mol. The minimum absolute atomic E-state index is 0.206. The van der Waals surface area contributed by atoms with Crippen molar-refractivity contribution in [1.29, 1.82) is 0 Å². The Morgan fingerprint density at radius 1 is 1.50 bits per heavy atom. The number of ether oxygens (including phenoxy) is 2. The number of aliphatic hydroxyl groups is 1. The van der Waals surface area contributed by atoms with Crippen LogP contribution < -0.4 is 0 Å². The van der Waals surface area contributed by atoms with Gasteiger partial charge in [-0.15, -0.1) is 0 Å². The van der Waals surface area contributed by atoms with Gasteiger partial charge in [-0.2, -0.15) is 0 Å². The van der Waals surface area contributed by atoms with Gasteiger partial charge in [-0.25, -0.2) is 4.79 Å². The molecule has 0 saturated carbocycles. The summed E-state index contributed by atoms with van der Waals surface area (Å²) in [5.74, 6) is 0.294. The van der Waals surface area contributed by atoms with Gasteiger partial charge in [-0.3, -0.25) is 0 Å². The number of hydrogen-bond acceptors (Lipinski definition) is 4. The Bertz CT molecular complexity index is 348. The maximum Gasteiger partial charge on any atom is 0.410 e. The molecule has 0 radical (unpaired) electrons. The SMILES string of the molecule is CC(C)(C)OC(=O)N1CCCC2(CC(CO)CCO2)C1. The summed E-state index contributed by atoms with van der Waals surface area (Å²) >= 11 is 0. The van der Waals surface area contributed by atoms with Crippen molar-refractivity contribution in [1.82, 2.24) is 4.90 Å². The van der Waals surface area contributed by atoms with Crippen LogP contribution in [0.3, 0.4) is 0 Å². The van der Waals surface area contributed by atoms with Crippen LogP contribution in [0.1, 0.15) is 46.5 Å². The van der Waals surface area contributed by atoms with Crippen LogP contribution in [0.25, 0.3) is 0 Å². The van der Waals surface area contributed by atoms with Crippen LogP contribution in [-0.2, 0) is 9.47 Å². The van der Waals surface area contributed by atoms with Crippen LogP contribution in [0, 0.1) is 5.92 Å². The van der Waals surface area contributed by atoms with Gasteiger partial charge in [-0.05, 0) is 52.4 Å². The summed E-state index contributed by atoms with van der Waals surface area (Å²) in [5, 5.41) is 9.37. The van der Waals surface area contributed by atoms with E-state index < -0.39 is 5.60 Å². The molecule has 2 aliphatic heterocycles. The van der Waals surface area contributed by atoms with Gasteiger partial charge in [0.15, 0.2) is 0 Å². The van der Waals surface area contributed by atoms with Gasteiger partial charge in [0.2, 0.25) is 0 Å². The second-order valence-corrected chi connectivity index (χ2v) is 7.08. The molecule has 2 aliphatic rings. The Morgan fingerprint density at radius 3 is 2.90 bits per heavy atom. The number of piperidine rings is 1. The monoisotopic (exact) mass is 285 g/mol. The highest BCUT2D eigenvalue weighted by molar-refractivity contribution is 5.68. The Balaban J connectivity index is 1.99. The maximum atomic E-state index is 12.2. The van der Waals surface area contributed by atoms with E-state index in [9.17, 15) is 9.90 Å². The fraction of sp³-hybridized carbons (Fsp3) is 0.933. The maximum absolute atomic E-state index is 12.2. The fourth-order valence-corrected chi connectivity index (χ4v) is 3.15. The Morgan fingerprint density at radius 2 is 2.25 bits per heavy atom. The lowest BCUT2D eigenvalue weighted by Gasteiger charge is -2.46. The van der Waals surface area contributed by atoms with E-state index in [0.717, 1.165) is 32.2 Å². The van der Waals surface area contributed by atoms with Crippen molar-refractivity contribution < 1.29 is 19.4 Å². The van der Waals surface area contributed by atoms with Gasteiger partial charge in [0.25, 0.3) is 0 Å². The number of aliphatic hydroxyl groups excluding tert-OH is 1. The molecule has 0 aromatic rings. The lowest BCUT2D eigenvalue weighted by molar-refractivity contribution is -0.135. The van der Waals surface area contributed by atoms with Crippen molar-refractivity contribution in [2.45, 2.75) is 57.7 Å².